The third-order valence-corrected chi connectivity index (χ3v) is 4.54. The molecule has 1 aromatic heterocycles. The molecule has 2 rings (SSSR count). The Morgan fingerprint density at radius 1 is 1.47 bits per heavy atom. The average molecular weight is 261 g/mol. The first kappa shape index (κ1) is 14.0. The number of hydrogen-bond donors (Lipinski definition) is 1. The maximum absolute atomic E-state index is 12.4. The van der Waals surface area contributed by atoms with Crippen LogP contribution in [0.3, 0.4) is 0 Å². The fourth-order valence-corrected chi connectivity index (χ4v) is 2.66. The van der Waals surface area contributed by atoms with E-state index in [9.17, 15) is 4.79 Å². The number of hydrogen-bond acceptors (Lipinski definition) is 3. The van der Waals surface area contributed by atoms with Crippen LogP contribution in [0.4, 0.5) is 0 Å². The minimum Gasteiger partial charge on any atom is -0.339 e. The highest BCUT2D eigenvalue weighted by Crippen LogP contribution is 2.43. The molecule has 0 aromatic carbocycles. The number of pyridine rings is 1. The van der Waals surface area contributed by atoms with Crippen LogP contribution < -0.4 is 5.73 Å². The number of nitrogens with two attached hydrogens (primary N) is 1. The molecule has 1 aliphatic carbocycles. The standard InChI is InChI=1S/C15H23N3O/c1-12(13-4-8-17-9-5-13)18(2)14(19)10-15(11-16)6-3-7-15/h4-5,8-9,12H,3,6-7,10-11,16H2,1-2H3. The monoisotopic (exact) mass is 261 g/mol. The molecule has 19 heavy (non-hydrogen) atoms. The van der Waals surface area contributed by atoms with Crippen molar-refractivity contribution in [1.29, 1.82) is 0 Å². The molecule has 0 bridgehead atoms. The van der Waals surface area contributed by atoms with Crippen molar-refractivity contribution in [1.82, 2.24) is 9.88 Å². The van der Waals surface area contributed by atoms with Gasteiger partial charge >= 0.3 is 0 Å². The van der Waals surface area contributed by atoms with E-state index in [0.717, 1.165) is 18.4 Å². The van der Waals surface area contributed by atoms with E-state index in [2.05, 4.69) is 4.98 Å². The van der Waals surface area contributed by atoms with Crippen molar-refractivity contribution in [2.75, 3.05) is 13.6 Å². The molecule has 1 saturated carbocycles. The van der Waals surface area contributed by atoms with Gasteiger partial charge in [0.25, 0.3) is 0 Å². The second-order valence-corrected chi connectivity index (χ2v) is 5.70. The van der Waals surface area contributed by atoms with E-state index in [0.29, 0.717) is 13.0 Å². The molecular formula is C15H23N3O. The maximum Gasteiger partial charge on any atom is 0.223 e. The summed E-state index contributed by atoms with van der Waals surface area (Å²) in [6.07, 6.45) is 7.48. The summed E-state index contributed by atoms with van der Waals surface area (Å²) in [4.78, 5) is 18.2. The van der Waals surface area contributed by atoms with E-state index in [-0.39, 0.29) is 17.4 Å². The Bertz CT molecular complexity index is 423. The zero-order chi connectivity index (χ0) is 13.9. The molecule has 1 fully saturated rings. The summed E-state index contributed by atoms with van der Waals surface area (Å²) >= 11 is 0. The van der Waals surface area contributed by atoms with Gasteiger partial charge in [-0.2, -0.15) is 0 Å². The van der Waals surface area contributed by atoms with E-state index in [4.69, 9.17) is 5.73 Å². The van der Waals surface area contributed by atoms with Gasteiger partial charge in [0, 0.05) is 25.9 Å². The lowest BCUT2D eigenvalue weighted by Crippen LogP contribution is -2.42. The summed E-state index contributed by atoms with van der Waals surface area (Å²) in [5, 5.41) is 0. The van der Waals surface area contributed by atoms with Crippen LogP contribution >= 0.6 is 0 Å². The van der Waals surface area contributed by atoms with E-state index >= 15 is 0 Å². The molecular weight excluding hydrogens is 238 g/mol. The van der Waals surface area contributed by atoms with Crippen LogP contribution in [0, 0.1) is 5.41 Å². The van der Waals surface area contributed by atoms with Gasteiger partial charge in [-0.25, -0.2) is 0 Å². The largest absolute Gasteiger partial charge is 0.339 e. The van der Waals surface area contributed by atoms with Crippen molar-refractivity contribution in [2.45, 2.75) is 38.6 Å². The van der Waals surface area contributed by atoms with Crippen molar-refractivity contribution in [3.05, 3.63) is 30.1 Å². The van der Waals surface area contributed by atoms with Crippen LogP contribution in [-0.4, -0.2) is 29.4 Å². The van der Waals surface area contributed by atoms with E-state index in [1.54, 1.807) is 12.4 Å². The Labute approximate surface area is 115 Å². The molecule has 1 heterocycles. The second-order valence-electron chi connectivity index (χ2n) is 5.70. The molecule has 4 heteroatoms. The van der Waals surface area contributed by atoms with E-state index < -0.39 is 0 Å². The summed E-state index contributed by atoms with van der Waals surface area (Å²) in [5.74, 6) is 0.189. The van der Waals surface area contributed by atoms with Crippen LogP contribution in [0.1, 0.15) is 44.2 Å². The molecule has 2 N–H and O–H groups in total. The van der Waals surface area contributed by atoms with Crippen molar-refractivity contribution in [3.63, 3.8) is 0 Å². The smallest absolute Gasteiger partial charge is 0.223 e. The summed E-state index contributed by atoms with van der Waals surface area (Å²) in [5.41, 5.74) is 7.01. The lowest BCUT2D eigenvalue weighted by molar-refractivity contribution is -0.135. The van der Waals surface area contributed by atoms with E-state index in [1.807, 2.05) is 31.0 Å². The Kier molecular flexibility index (Phi) is 4.20. The SMILES string of the molecule is CC(c1ccncc1)N(C)C(=O)CC1(CN)CCC1. The Morgan fingerprint density at radius 3 is 2.58 bits per heavy atom. The molecule has 0 aliphatic heterocycles. The highest BCUT2D eigenvalue weighted by molar-refractivity contribution is 5.77. The average Bonchev–Trinajstić information content (AvgIpc) is 2.42. The second kappa shape index (κ2) is 5.70. The van der Waals surface area contributed by atoms with Gasteiger partial charge < -0.3 is 10.6 Å². The molecule has 4 nitrogen and oxygen atoms in total. The van der Waals surface area contributed by atoms with Gasteiger partial charge in [-0.05, 0) is 49.4 Å². The van der Waals surface area contributed by atoms with Gasteiger partial charge in [0.15, 0.2) is 0 Å². The fourth-order valence-electron chi connectivity index (χ4n) is 2.66. The van der Waals surface area contributed by atoms with Gasteiger partial charge in [0.2, 0.25) is 5.91 Å². The molecule has 104 valence electrons. The van der Waals surface area contributed by atoms with Gasteiger partial charge in [-0.15, -0.1) is 0 Å². The molecule has 1 aromatic rings. The van der Waals surface area contributed by atoms with Crippen molar-refractivity contribution in [3.8, 4) is 0 Å². The van der Waals surface area contributed by atoms with Crippen LogP contribution in [0.5, 0.6) is 0 Å². The molecule has 1 amide bonds. The lowest BCUT2D eigenvalue weighted by Gasteiger charge is -2.41. The van der Waals surface area contributed by atoms with Gasteiger partial charge in [-0.3, -0.25) is 9.78 Å². The number of aromatic nitrogens is 1. The highest BCUT2D eigenvalue weighted by atomic mass is 16.2. The van der Waals surface area contributed by atoms with Crippen molar-refractivity contribution in [2.24, 2.45) is 11.1 Å². The molecule has 1 atom stereocenters. The zero-order valence-electron chi connectivity index (χ0n) is 11.8. The van der Waals surface area contributed by atoms with Crippen molar-refractivity contribution < 1.29 is 4.79 Å². The minimum atomic E-state index is 0.0727. The summed E-state index contributed by atoms with van der Waals surface area (Å²) in [6, 6.07) is 3.98. The first-order chi connectivity index (χ1) is 9.08. The lowest BCUT2D eigenvalue weighted by atomic mass is 9.66. The van der Waals surface area contributed by atoms with Crippen LogP contribution in [0.15, 0.2) is 24.5 Å². The van der Waals surface area contributed by atoms with E-state index in [1.165, 1.54) is 6.42 Å². The number of carbonyl (C=O) groups excluding carboxylic acids is 1. The van der Waals surface area contributed by atoms with Crippen LogP contribution in [-0.2, 0) is 4.79 Å². The van der Waals surface area contributed by atoms with Crippen LogP contribution in [0.25, 0.3) is 0 Å². The number of carbonyl (C=O) groups is 1. The maximum atomic E-state index is 12.4. The fraction of sp³-hybridized carbons (Fsp3) is 0.600. The predicted molar refractivity (Wildman–Crippen MR) is 75.4 cm³/mol. The number of amides is 1. The molecule has 0 spiro atoms. The summed E-state index contributed by atoms with van der Waals surface area (Å²) < 4.78 is 0. The first-order valence-electron chi connectivity index (χ1n) is 6.94. The zero-order valence-corrected chi connectivity index (χ0v) is 11.8. The molecule has 1 unspecified atom stereocenters. The van der Waals surface area contributed by atoms with Crippen LogP contribution in [0.2, 0.25) is 0 Å². The summed E-state index contributed by atoms with van der Waals surface area (Å²) in [6.45, 7) is 2.67. The molecule has 1 aliphatic rings. The quantitative estimate of drug-likeness (QED) is 0.883. The topological polar surface area (TPSA) is 59.2 Å². The first-order valence-corrected chi connectivity index (χ1v) is 6.94. The third kappa shape index (κ3) is 2.95. The van der Waals surface area contributed by atoms with Gasteiger partial charge in [0.1, 0.15) is 0 Å². The summed E-state index contributed by atoms with van der Waals surface area (Å²) in [7, 11) is 1.87. The number of nitrogens with zero attached hydrogens (tertiary/aromatic N) is 2. The predicted octanol–water partition coefficient (Wildman–Crippen LogP) is 2.12. The highest BCUT2D eigenvalue weighted by Gasteiger charge is 2.38. The Balaban J connectivity index is 1.99. The Morgan fingerprint density at radius 2 is 2.11 bits per heavy atom. The molecule has 0 radical (unpaired) electrons. The van der Waals surface area contributed by atoms with Gasteiger partial charge in [0.05, 0.1) is 6.04 Å². The Hall–Kier alpha value is -1.42. The molecule has 0 saturated heterocycles. The van der Waals surface area contributed by atoms with Crippen molar-refractivity contribution >= 4 is 5.91 Å². The third-order valence-electron chi connectivity index (χ3n) is 4.54. The number of rotatable bonds is 5. The minimum absolute atomic E-state index is 0.0727. The van der Waals surface area contributed by atoms with Gasteiger partial charge in [-0.1, -0.05) is 6.42 Å². The normalized spacial score (nSPS) is 18.5.